The highest BCUT2D eigenvalue weighted by molar-refractivity contribution is 8.00. The van der Waals surface area contributed by atoms with E-state index < -0.39 is 0 Å². The van der Waals surface area contributed by atoms with Gasteiger partial charge in [0.2, 0.25) is 0 Å². The van der Waals surface area contributed by atoms with E-state index in [1.54, 1.807) is 6.07 Å². The molecule has 1 aromatic carbocycles. The molecule has 0 N–H and O–H groups in total. The zero-order chi connectivity index (χ0) is 12.5. The minimum absolute atomic E-state index is 0.200. The Morgan fingerprint density at radius 1 is 1.47 bits per heavy atom. The maximum absolute atomic E-state index is 13.7. The van der Waals surface area contributed by atoms with E-state index >= 15 is 0 Å². The maximum Gasteiger partial charge on any atom is 0.129 e. The van der Waals surface area contributed by atoms with Crippen LogP contribution < -0.4 is 4.90 Å². The summed E-state index contributed by atoms with van der Waals surface area (Å²) in [5.41, 5.74) is 1.57. The number of thioether (sulfide) groups is 1. The topological polar surface area (TPSA) is 3.24 Å². The molecule has 1 aliphatic heterocycles. The van der Waals surface area contributed by atoms with Crippen LogP contribution in [-0.2, 0) is 5.88 Å². The van der Waals surface area contributed by atoms with Gasteiger partial charge in [0.15, 0.2) is 0 Å². The monoisotopic (exact) mass is 273 g/mol. The molecule has 0 unspecified atom stereocenters. The molecular formula is C13H17ClFNS. The predicted octanol–water partition coefficient (Wildman–Crippen LogP) is 3.90. The van der Waals surface area contributed by atoms with Gasteiger partial charge >= 0.3 is 0 Å². The van der Waals surface area contributed by atoms with Crippen molar-refractivity contribution in [3.63, 3.8) is 0 Å². The molecule has 1 aliphatic rings. The summed E-state index contributed by atoms with van der Waals surface area (Å²) in [6.45, 7) is 6.35. The van der Waals surface area contributed by atoms with Crippen molar-refractivity contribution >= 4 is 29.1 Å². The van der Waals surface area contributed by atoms with Gasteiger partial charge in [0.05, 0.1) is 5.88 Å². The molecule has 1 aromatic rings. The van der Waals surface area contributed by atoms with Crippen LogP contribution in [0.4, 0.5) is 10.1 Å². The van der Waals surface area contributed by atoms with E-state index in [0.29, 0.717) is 5.56 Å². The van der Waals surface area contributed by atoms with Crippen molar-refractivity contribution in [1.29, 1.82) is 0 Å². The van der Waals surface area contributed by atoms with Gasteiger partial charge in [0.25, 0.3) is 0 Å². The van der Waals surface area contributed by atoms with Crippen LogP contribution in [0.2, 0.25) is 0 Å². The summed E-state index contributed by atoms with van der Waals surface area (Å²) in [6.07, 6.45) is 0. The number of hydrogen-bond acceptors (Lipinski definition) is 2. The molecule has 17 heavy (non-hydrogen) atoms. The molecule has 0 bridgehead atoms. The number of alkyl halides is 1. The zero-order valence-electron chi connectivity index (χ0n) is 10.2. The lowest BCUT2D eigenvalue weighted by Gasteiger charge is -2.39. The molecular weight excluding hydrogens is 257 g/mol. The van der Waals surface area contributed by atoms with Crippen molar-refractivity contribution < 1.29 is 4.39 Å². The molecule has 0 atom stereocenters. The van der Waals surface area contributed by atoms with E-state index in [-0.39, 0.29) is 16.4 Å². The lowest BCUT2D eigenvalue weighted by Crippen LogP contribution is -2.43. The van der Waals surface area contributed by atoms with Gasteiger partial charge in [-0.1, -0.05) is 6.07 Å². The van der Waals surface area contributed by atoms with Crippen molar-refractivity contribution in [2.24, 2.45) is 0 Å². The standard InChI is InChI=1S/C13H17ClFNS/c1-13(2)9-16(6-7-17-13)12-5-3-4-11(15)10(12)8-14/h3-5H,6-9H2,1-2H3. The molecule has 0 amide bonds. The maximum atomic E-state index is 13.7. The minimum atomic E-state index is -0.200. The molecule has 0 spiro atoms. The molecule has 0 saturated carbocycles. The summed E-state index contributed by atoms with van der Waals surface area (Å²) in [4.78, 5) is 2.25. The Morgan fingerprint density at radius 3 is 2.88 bits per heavy atom. The predicted molar refractivity (Wildman–Crippen MR) is 74.7 cm³/mol. The molecule has 1 saturated heterocycles. The average molecular weight is 274 g/mol. The molecule has 1 nitrogen and oxygen atoms in total. The summed E-state index contributed by atoms with van der Waals surface area (Å²) in [5.74, 6) is 1.10. The van der Waals surface area contributed by atoms with Crippen LogP contribution in [0.25, 0.3) is 0 Å². The highest BCUT2D eigenvalue weighted by atomic mass is 35.5. The number of nitrogens with zero attached hydrogens (tertiary/aromatic N) is 1. The number of hydrogen-bond donors (Lipinski definition) is 0. The van der Waals surface area contributed by atoms with Gasteiger partial charge in [-0.2, -0.15) is 11.8 Å². The molecule has 1 fully saturated rings. The Morgan fingerprint density at radius 2 is 2.24 bits per heavy atom. The first-order valence-electron chi connectivity index (χ1n) is 5.76. The van der Waals surface area contributed by atoms with Crippen molar-refractivity contribution in [3.05, 3.63) is 29.6 Å². The number of benzene rings is 1. The van der Waals surface area contributed by atoms with Gasteiger partial charge in [-0.15, -0.1) is 11.6 Å². The third-order valence-corrected chi connectivity index (χ3v) is 4.56. The fraction of sp³-hybridized carbons (Fsp3) is 0.538. The van der Waals surface area contributed by atoms with Crippen LogP contribution in [0.1, 0.15) is 19.4 Å². The molecule has 0 radical (unpaired) electrons. The summed E-state index contributed by atoms with van der Waals surface area (Å²) in [7, 11) is 0. The van der Waals surface area contributed by atoms with Crippen molar-refractivity contribution in [2.75, 3.05) is 23.7 Å². The Kier molecular flexibility index (Phi) is 3.88. The average Bonchev–Trinajstić information content (AvgIpc) is 2.27. The first-order valence-corrected chi connectivity index (χ1v) is 7.28. The second-order valence-electron chi connectivity index (χ2n) is 4.90. The SMILES string of the molecule is CC1(C)CN(c2cccc(F)c2CCl)CCS1. The Balaban J connectivity index is 2.30. The van der Waals surface area contributed by atoms with Crippen molar-refractivity contribution in [2.45, 2.75) is 24.5 Å². The van der Waals surface area contributed by atoms with Gasteiger partial charge in [-0.25, -0.2) is 4.39 Å². The molecule has 0 aromatic heterocycles. The summed E-state index contributed by atoms with van der Waals surface area (Å²) in [6, 6.07) is 5.20. The third kappa shape index (κ3) is 2.89. The summed E-state index contributed by atoms with van der Waals surface area (Å²) in [5, 5.41) is 0. The van der Waals surface area contributed by atoms with Crippen LogP contribution in [0.15, 0.2) is 18.2 Å². The quantitative estimate of drug-likeness (QED) is 0.752. The molecule has 0 aliphatic carbocycles. The van der Waals surface area contributed by atoms with Crippen LogP contribution in [0.3, 0.4) is 0 Å². The van der Waals surface area contributed by atoms with E-state index in [9.17, 15) is 4.39 Å². The summed E-state index contributed by atoms with van der Waals surface area (Å²) < 4.78 is 13.9. The second-order valence-corrected chi connectivity index (χ2v) is 6.97. The number of halogens is 2. The Hall–Kier alpha value is -0.410. The van der Waals surface area contributed by atoms with Crippen molar-refractivity contribution in [3.8, 4) is 0 Å². The molecule has 94 valence electrons. The van der Waals surface area contributed by atoms with Crippen LogP contribution in [0, 0.1) is 5.82 Å². The number of anilines is 1. The van der Waals surface area contributed by atoms with Gasteiger partial charge in [0, 0.05) is 34.8 Å². The Bertz CT molecular complexity index is 408. The Labute approximate surface area is 111 Å². The van der Waals surface area contributed by atoms with E-state index in [1.807, 2.05) is 17.8 Å². The largest absolute Gasteiger partial charge is 0.369 e. The minimum Gasteiger partial charge on any atom is -0.369 e. The molecule has 1 heterocycles. The highest BCUT2D eigenvalue weighted by Crippen LogP contribution is 2.34. The molecule has 4 heteroatoms. The van der Waals surface area contributed by atoms with Gasteiger partial charge in [0.1, 0.15) is 5.82 Å². The molecule has 2 rings (SSSR count). The van der Waals surface area contributed by atoms with E-state index in [2.05, 4.69) is 18.7 Å². The van der Waals surface area contributed by atoms with E-state index in [1.165, 1.54) is 6.07 Å². The summed E-state index contributed by atoms with van der Waals surface area (Å²) >= 11 is 7.82. The second kappa shape index (κ2) is 5.07. The van der Waals surface area contributed by atoms with Crippen LogP contribution in [-0.4, -0.2) is 23.6 Å². The normalized spacial score (nSPS) is 19.4. The van der Waals surface area contributed by atoms with Gasteiger partial charge < -0.3 is 4.90 Å². The lowest BCUT2D eigenvalue weighted by molar-refractivity contribution is 0.609. The first-order chi connectivity index (χ1) is 8.03. The van der Waals surface area contributed by atoms with Gasteiger partial charge in [-0.05, 0) is 26.0 Å². The van der Waals surface area contributed by atoms with Crippen LogP contribution in [0.5, 0.6) is 0 Å². The van der Waals surface area contributed by atoms with Crippen molar-refractivity contribution in [1.82, 2.24) is 0 Å². The third-order valence-electron chi connectivity index (χ3n) is 2.99. The fourth-order valence-electron chi connectivity index (χ4n) is 2.20. The lowest BCUT2D eigenvalue weighted by atomic mass is 10.1. The fourth-order valence-corrected chi connectivity index (χ4v) is 3.57. The highest BCUT2D eigenvalue weighted by Gasteiger charge is 2.28. The van der Waals surface area contributed by atoms with Crippen LogP contribution >= 0.6 is 23.4 Å². The zero-order valence-corrected chi connectivity index (χ0v) is 11.7. The number of rotatable bonds is 2. The van der Waals surface area contributed by atoms with Gasteiger partial charge in [-0.3, -0.25) is 0 Å². The van der Waals surface area contributed by atoms with E-state index in [0.717, 1.165) is 24.5 Å². The first kappa shape index (κ1) is 13.0. The smallest absolute Gasteiger partial charge is 0.129 e. The van der Waals surface area contributed by atoms with E-state index in [4.69, 9.17) is 11.6 Å².